The molecule has 0 saturated carbocycles. The van der Waals surface area contributed by atoms with Crippen molar-refractivity contribution in [2.24, 2.45) is 0 Å². The summed E-state index contributed by atoms with van der Waals surface area (Å²) in [6.07, 6.45) is 4.41. The van der Waals surface area contributed by atoms with Crippen LogP contribution in [0.2, 0.25) is 0 Å². The summed E-state index contributed by atoms with van der Waals surface area (Å²) in [5.74, 6) is 1.74. The molecule has 0 N–H and O–H groups in total. The summed E-state index contributed by atoms with van der Waals surface area (Å²) >= 11 is 7.07. The summed E-state index contributed by atoms with van der Waals surface area (Å²) in [6.45, 7) is 5.83. The highest BCUT2D eigenvalue weighted by Gasteiger charge is 2.11. The Labute approximate surface area is 139 Å². The Bertz CT molecular complexity index is 357. The van der Waals surface area contributed by atoms with Gasteiger partial charge in [0.2, 0.25) is 0 Å². The third-order valence-electron chi connectivity index (χ3n) is 3.06. The largest absolute Gasteiger partial charge is 0.490 e. The van der Waals surface area contributed by atoms with Gasteiger partial charge in [-0.15, -0.1) is 0 Å². The standard InChI is InChI=1S/C16H24Br2O2/c1-3-5-7-19-15-9-13(11-17)14(12-18)10-16(15)20-8-6-4-2/h9-10H,3-8,11-12H2,1-2H3. The number of ether oxygens (including phenoxy) is 2. The smallest absolute Gasteiger partial charge is 0.161 e. The van der Waals surface area contributed by atoms with E-state index in [1.807, 2.05) is 0 Å². The molecule has 4 heteroatoms. The Balaban J connectivity index is 2.89. The summed E-state index contributed by atoms with van der Waals surface area (Å²) in [4.78, 5) is 0. The first-order valence-electron chi connectivity index (χ1n) is 7.30. The second kappa shape index (κ2) is 10.5. The Morgan fingerprint density at radius 2 is 1.20 bits per heavy atom. The normalized spacial score (nSPS) is 10.6. The Kier molecular flexibility index (Phi) is 9.36. The van der Waals surface area contributed by atoms with E-state index in [-0.39, 0.29) is 0 Å². The minimum atomic E-state index is 0.746. The van der Waals surface area contributed by atoms with Gasteiger partial charge >= 0.3 is 0 Å². The van der Waals surface area contributed by atoms with E-state index in [0.717, 1.165) is 61.1 Å². The molecule has 1 aromatic rings. The molecule has 0 heterocycles. The van der Waals surface area contributed by atoms with Crippen molar-refractivity contribution in [2.45, 2.75) is 50.2 Å². The second-order valence-electron chi connectivity index (χ2n) is 4.74. The molecule has 0 aliphatic carbocycles. The van der Waals surface area contributed by atoms with Crippen molar-refractivity contribution < 1.29 is 9.47 Å². The van der Waals surface area contributed by atoms with Crippen molar-refractivity contribution in [3.63, 3.8) is 0 Å². The first-order chi connectivity index (χ1) is 9.76. The summed E-state index contributed by atoms with van der Waals surface area (Å²) in [5.41, 5.74) is 2.49. The zero-order chi connectivity index (χ0) is 14.8. The molecule has 0 aliphatic heterocycles. The number of benzene rings is 1. The van der Waals surface area contributed by atoms with Crippen molar-refractivity contribution >= 4 is 31.9 Å². The second-order valence-corrected chi connectivity index (χ2v) is 5.86. The van der Waals surface area contributed by atoms with E-state index in [9.17, 15) is 0 Å². The highest BCUT2D eigenvalue weighted by atomic mass is 79.9. The lowest BCUT2D eigenvalue weighted by Gasteiger charge is -2.16. The Hall–Kier alpha value is -0.220. The van der Waals surface area contributed by atoms with Gasteiger partial charge in [-0.1, -0.05) is 58.5 Å². The quantitative estimate of drug-likeness (QED) is 0.358. The molecule has 0 aromatic heterocycles. The molecular weight excluding hydrogens is 384 g/mol. The van der Waals surface area contributed by atoms with Crippen molar-refractivity contribution in [1.82, 2.24) is 0 Å². The number of halogens is 2. The Morgan fingerprint density at radius 1 is 0.800 bits per heavy atom. The topological polar surface area (TPSA) is 18.5 Å². The van der Waals surface area contributed by atoms with E-state index < -0.39 is 0 Å². The minimum absolute atomic E-state index is 0.746. The molecule has 0 unspecified atom stereocenters. The van der Waals surface area contributed by atoms with Gasteiger partial charge in [0.25, 0.3) is 0 Å². The molecule has 1 aromatic carbocycles. The molecule has 0 atom stereocenters. The maximum Gasteiger partial charge on any atom is 0.161 e. The van der Waals surface area contributed by atoms with Crippen LogP contribution in [0.5, 0.6) is 11.5 Å². The van der Waals surface area contributed by atoms with E-state index in [4.69, 9.17) is 9.47 Å². The zero-order valence-corrected chi connectivity index (χ0v) is 15.6. The lowest BCUT2D eigenvalue weighted by molar-refractivity contribution is 0.261. The molecule has 0 fully saturated rings. The molecule has 114 valence electrons. The summed E-state index contributed by atoms with van der Waals surface area (Å²) in [5, 5.41) is 1.65. The predicted octanol–water partition coefficient (Wildman–Crippen LogP) is 5.83. The van der Waals surface area contributed by atoms with Crippen LogP contribution in [-0.2, 0) is 10.7 Å². The van der Waals surface area contributed by atoms with Crippen LogP contribution in [0.25, 0.3) is 0 Å². The summed E-state index contributed by atoms with van der Waals surface area (Å²) in [6, 6.07) is 4.20. The average molecular weight is 408 g/mol. The van der Waals surface area contributed by atoms with Gasteiger partial charge in [0.1, 0.15) is 0 Å². The van der Waals surface area contributed by atoms with Crippen molar-refractivity contribution in [3.8, 4) is 11.5 Å². The van der Waals surface area contributed by atoms with Gasteiger partial charge in [0.05, 0.1) is 13.2 Å². The highest BCUT2D eigenvalue weighted by Crippen LogP contribution is 2.33. The minimum Gasteiger partial charge on any atom is -0.490 e. The lowest BCUT2D eigenvalue weighted by Crippen LogP contribution is -2.04. The van der Waals surface area contributed by atoms with Crippen LogP contribution in [0.15, 0.2) is 12.1 Å². The number of hydrogen-bond acceptors (Lipinski definition) is 2. The van der Waals surface area contributed by atoms with Crippen molar-refractivity contribution in [1.29, 1.82) is 0 Å². The van der Waals surface area contributed by atoms with Crippen LogP contribution >= 0.6 is 31.9 Å². The monoisotopic (exact) mass is 406 g/mol. The predicted molar refractivity (Wildman–Crippen MR) is 92.5 cm³/mol. The third kappa shape index (κ3) is 5.65. The first-order valence-corrected chi connectivity index (χ1v) is 9.54. The SMILES string of the molecule is CCCCOc1cc(CBr)c(CBr)cc1OCCCC. The number of unbranched alkanes of at least 4 members (excludes halogenated alkanes) is 2. The van der Waals surface area contributed by atoms with Crippen LogP contribution in [-0.4, -0.2) is 13.2 Å². The van der Waals surface area contributed by atoms with Gasteiger partial charge in [0.15, 0.2) is 11.5 Å². The van der Waals surface area contributed by atoms with Gasteiger partial charge < -0.3 is 9.47 Å². The zero-order valence-electron chi connectivity index (χ0n) is 12.4. The summed E-state index contributed by atoms with van der Waals surface area (Å²) in [7, 11) is 0. The number of alkyl halides is 2. The highest BCUT2D eigenvalue weighted by molar-refractivity contribution is 9.09. The fraction of sp³-hybridized carbons (Fsp3) is 0.625. The van der Waals surface area contributed by atoms with Gasteiger partial charge in [-0.05, 0) is 36.1 Å². The van der Waals surface area contributed by atoms with E-state index in [2.05, 4.69) is 57.8 Å². The molecule has 0 amide bonds. The molecular formula is C16H24Br2O2. The average Bonchev–Trinajstić information content (AvgIpc) is 2.48. The van der Waals surface area contributed by atoms with Gasteiger partial charge in [-0.3, -0.25) is 0 Å². The van der Waals surface area contributed by atoms with Gasteiger partial charge in [0, 0.05) is 10.7 Å². The molecule has 20 heavy (non-hydrogen) atoms. The van der Waals surface area contributed by atoms with Crippen LogP contribution < -0.4 is 9.47 Å². The van der Waals surface area contributed by atoms with Crippen molar-refractivity contribution in [2.75, 3.05) is 13.2 Å². The fourth-order valence-corrected chi connectivity index (χ4v) is 2.82. The van der Waals surface area contributed by atoms with Crippen LogP contribution in [0.3, 0.4) is 0 Å². The van der Waals surface area contributed by atoms with Crippen LogP contribution in [0.1, 0.15) is 50.7 Å². The van der Waals surface area contributed by atoms with Crippen molar-refractivity contribution in [3.05, 3.63) is 23.3 Å². The maximum atomic E-state index is 5.89. The van der Waals surface area contributed by atoms with Crippen LogP contribution in [0, 0.1) is 0 Å². The maximum absolute atomic E-state index is 5.89. The molecule has 0 radical (unpaired) electrons. The van der Waals surface area contributed by atoms with Crippen LogP contribution in [0.4, 0.5) is 0 Å². The molecule has 0 aliphatic rings. The van der Waals surface area contributed by atoms with Gasteiger partial charge in [-0.2, -0.15) is 0 Å². The molecule has 0 bridgehead atoms. The van der Waals surface area contributed by atoms with E-state index in [1.54, 1.807) is 0 Å². The van der Waals surface area contributed by atoms with Gasteiger partial charge in [-0.25, -0.2) is 0 Å². The molecule has 2 nitrogen and oxygen atoms in total. The molecule has 1 rings (SSSR count). The first kappa shape index (κ1) is 17.8. The lowest BCUT2D eigenvalue weighted by atomic mass is 10.1. The number of rotatable bonds is 10. The molecule has 0 spiro atoms. The number of hydrogen-bond donors (Lipinski definition) is 0. The van der Waals surface area contributed by atoms with E-state index >= 15 is 0 Å². The fourth-order valence-electron chi connectivity index (χ4n) is 1.77. The van der Waals surface area contributed by atoms with E-state index in [0.29, 0.717) is 0 Å². The summed E-state index contributed by atoms with van der Waals surface area (Å²) < 4.78 is 11.8. The third-order valence-corrected chi connectivity index (χ3v) is 4.27. The van der Waals surface area contributed by atoms with E-state index in [1.165, 1.54) is 11.1 Å². The Morgan fingerprint density at radius 3 is 1.50 bits per heavy atom. The molecule has 0 saturated heterocycles.